The molecule has 0 radical (unpaired) electrons. The smallest absolute Gasteiger partial charge is 0.340 e. The first kappa shape index (κ1) is 20.5. The van der Waals surface area contributed by atoms with Gasteiger partial charge in [-0.15, -0.1) is 0 Å². The molecule has 0 fully saturated rings. The van der Waals surface area contributed by atoms with Gasteiger partial charge in [0.25, 0.3) is 0 Å². The van der Waals surface area contributed by atoms with Crippen molar-refractivity contribution in [2.24, 2.45) is 0 Å². The third-order valence-corrected chi connectivity index (χ3v) is 6.84. The molecule has 0 saturated carbocycles. The minimum Gasteiger partial charge on any atom is -0.456 e. The van der Waals surface area contributed by atoms with E-state index in [4.69, 9.17) is 9.47 Å². The number of carbonyl (C=O) groups excluding carboxylic acids is 1. The van der Waals surface area contributed by atoms with Crippen LogP contribution in [0.1, 0.15) is 45.1 Å². The van der Waals surface area contributed by atoms with Gasteiger partial charge in [0, 0.05) is 35.5 Å². The topological polar surface area (TPSA) is 38.8 Å². The maximum Gasteiger partial charge on any atom is 0.340 e. The summed E-state index contributed by atoms with van der Waals surface area (Å²) < 4.78 is 12.6. The first-order chi connectivity index (χ1) is 16.6. The van der Waals surface area contributed by atoms with E-state index >= 15 is 0 Å². The van der Waals surface area contributed by atoms with Crippen LogP contribution in [0.5, 0.6) is 11.5 Å². The molecule has 2 aliphatic rings. The van der Waals surface area contributed by atoms with E-state index in [-0.39, 0.29) is 5.97 Å². The highest BCUT2D eigenvalue weighted by Crippen LogP contribution is 2.56. The van der Waals surface area contributed by atoms with Gasteiger partial charge < -0.3 is 14.4 Å². The van der Waals surface area contributed by atoms with Crippen LogP contribution in [-0.4, -0.2) is 12.5 Å². The fourth-order valence-corrected chi connectivity index (χ4v) is 5.13. The highest BCUT2D eigenvalue weighted by atomic mass is 16.6. The predicted molar refractivity (Wildman–Crippen MR) is 133 cm³/mol. The number of esters is 1. The van der Waals surface area contributed by atoms with E-state index < -0.39 is 5.60 Å². The number of ether oxygens (including phenoxy) is 2. The van der Waals surface area contributed by atoms with Gasteiger partial charge in [-0.2, -0.15) is 0 Å². The Balaban J connectivity index is 1.46. The number of hydrogen-bond donors (Lipinski definition) is 0. The molecule has 4 aromatic carbocycles. The van der Waals surface area contributed by atoms with E-state index in [0.717, 1.165) is 41.1 Å². The average Bonchev–Trinajstić information content (AvgIpc) is 3.16. The molecule has 0 bridgehead atoms. The number of benzene rings is 4. The molecule has 4 aromatic rings. The number of nitrogens with zero attached hydrogens (tertiary/aromatic N) is 1. The van der Waals surface area contributed by atoms with Crippen LogP contribution in [0.4, 0.5) is 5.69 Å². The molecular weight excluding hydrogens is 422 g/mol. The van der Waals surface area contributed by atoms with E-state index in [1.807, 2.05) is 48.5 Å². The van der Waals surface area contributed by atoms with Crippen molar-refractivity contribution in [2.75, 3.05) is 11.4 Å². The zero-order valence-corrected chi connectivity index (χ0v) is 19.2. The molecule has 34 heavy (non-hydrogen) atoms. The van der Waals surface area contributed by atoms with Crippen LogP contribution in [0.2, 0.25) is 0 Å². The van der Waals surface area contributed by atoms with Crippen molar-refractivity contribution in [3.63, 3.8) is 0 Å². The number of rotatable bonds is 4. The Labute approximate surface area is 199 Å². The van der Waals surface area contributed by atoms with Crippen LogP contribution in [0.25, 0.3) is 0 Å². The molecule has 4 heteroatoms. The minimum atomic E-state index is -1.00. The predicted octanol–water partition coefficient (Wildman–Crippen LogP) is 6.59. The SMILES string of the molecule is CCN(Cc1ccc2c(c1)Oc1ccccc1C21OC(=O)c2ccccc21)c1ccc(C)cc1. The van der Waals surface area contributed by atoms with Crippen LogP contribution in [0.3, 0.4) is 0 Å². The van der Waals surface area contributed by atoms with Crippen LogP contribution >= 0.6 is 0 Å². The summed E-state index contributed by atoms with van der Waals surface area (Å²) >= 11 is 0. The summed E-state index contributed by atoms with van der Waals surface area (Å²) in [6.45, 7) is 5.90. The van der Waals surface area contributed by atoms with Crippen molar-refractivity contribution in [2.45, 2.75) is 26.0 Å². The number of anilines is 1. The highest BCUT2D eigenvalue weighted by molar-refractivity contribution is 5.97. The number of hydrogen-bond acceptors (Lipinski definition) is 4. The molecule has 1 spiro atoms. The minimum absolute atomic E-state index is 0.307. The molecule has 168 valence electrons. The van der Waals surface area contributed by atoms with E-state index in [2.05, 4.69) is 61.2 Å². The first-order valence-corrected chi connectivity index (χ1v) is 11.7. The monoisotopic (exact) mass is 447 g/mol. The second-order valence-electron chi connectivity index (χ2n) is 8.89. The maximum atomic E-state index is 12.9. The Morgan fingerprint density at radius 2 is 1.50 bits per heavy atom. The molecule has 1 unspecified atom stereocenters. The maximum absolute atomic E-state index is 12.9. The van der Waals surface area contributed by atoms with Crippen molar-refractivity contribution in [3.8, 4) is 11.5 Å². The van der Waals surface area contributed by atoms with Crippen molar-refractivity contribution in [3.05, 3.63) is 124 Å². The van der Waals surface area contributed by atoms with Crippen molar-refractivity contribution < 1.29 is 14.3 Å². The van der Waals surface area contributed by atoms with Crippen LogP contribution in [-0.2, 0) is 16.9 Å². The lowest BCUT2D eigenvalue weighted by Gasteiger charge is -2.36. The van der Waals surface area contributed by atoms with E-state index in [1.165, 1.54) is 11.3 Å². The van der Waals surface area contributed by atoms with Gasteiger partial charge in [-0.3, -0.25) is 0 Å². The Morgan fingerprint density at radius 3 is 2.29 bits per heavy atom. The van der Waals surface area contributed by atoms with E-state index in [9.17, 15) is 4.79 Å². The summed E-state index contributed by atoms with van der Waals surface area (Å²) in [7, 11) is 0. The van der Waals surface area contributed by atoms with Crippen molar-refractivity contribution >= 4 is 11.7 Å². The van der Waals surface area contributed by atoms with Gasteiger partial charge in [0.2, 0.25) is 0 Å². The normalized spacial score (nSPS) is 17.4. The molecular formula is C30H25NO3. The fraction of sp³-hybridized carbons (Fsp3) is 0.167. The van der Waals surface area contributed by atoms with Gasteiger partial charge in [-0.1, -0.05) is 66.2 Å². The largest absolute Gasteiger partial charge is 0.456 e. The Hall–Kier alpha value is -4.05. The third-order valence-electron chi connectivity index (χ3n) is 6.84. The van der Waals surface area contributed by atoms with Crippen LogP contribution in [0.15, 0.2) is 91.0 Å². The highest BCUT2D eigenvalue weighted by Gasteiger charge is 2.53. The lowest BCUT2D eigenvalue weighted by molar-refractivity contribution is 0.0224. The summed E-state index contributed by atoms with van der Waals surface area (Å²) in [5, 5.41) is 0. The fourth-order valence-electron chi connectivity index (χ4n) is 5.13. The number of aryl methyl sites for hydroxylation is 1. The molecule has 0 aliphatic carbocycles. The Bertz CT molecular complexity index is 1410. The van der Waals surface area contributed by atoms with Gasteiger partial charge in [0.1, 0.15) is 11.5 Å². The Kier molecular flexibility index (Phi) is 4.70. The number of carbonyl (C=O) groups is 1. The Morgan fingerprint density at radius 1 is 0.794 bits per heavy atom. The average molecular weight is 448 g/mol. The van der Waals surface area contributed by atoms with E-state index in [1.54, 1.807) is 0 Å². The van der Waals surface area contributed by atoms with Gasteiger partial charge in [0.15, 0.2) is 5.60 Å². The summed E-state index contributed by atoms with van der Waals surface area (Å²) in [6.07, 6.45) is 0. The van der Waals surface area contributed by atoms with E-state index in [0.29, 0.717) is 11.3 Å². The third kappa shape index (κ3) is 3.02. The number of para-hydroxylation sites is 1. The molecule has 0 saturated heterocycles. The van der Waals surface area contributed by atoms with Gasteiger partial charge in [-0.05, 0) is 49.7 Å². The molecule has 4 nitrogen and oxygen atoms in total. The lowest BCUT2D eigenvalue weighted by atomic mass is 9.77. The second-order valence-corrected chi connectivity index (χ2v) is 8.89. The van der Waals surface area contributed by atoms with Crippen molar-refractivity contribution in [1.29, 1.82) is 0 Å². The quantitative estimate of drug-likeness (QED) is 0.331. The molecule has 6 rings (SSSR count). The first-order valence-electron chi connectivity index (χ1n) is 11.7. The second kappa shape index (κ2) is 7.77. The van der Waals surface area contributed by atoms with Gasteiger partial charge in [-0.25, -0.2) is 4.79 Å². The van der Waals surface area contributed by atoms with Gasteiger partial charge in [0.05, 0.1) is 5.56 Å². The zero-order chi connectivity index (χ0) is 23.3. The summed E-state index contributed by atoms with van der Waals surface area (Å²) in [5.41, 5.74) is 5.73. The lowest BCUT2D eigenvalue weighted by Crippen LogP contribution is -2.33. The summed E-state index contributed by atoms with van der Waals surface area (Å²) in [5.74, 6) is 1.13. The van der Waals surface area contributed by atoms with Crippen molar-refractivity contribution in [1.82, 2.24) is 0 Å². The van der Waals surface area contributed by atoms with Gasteiger partial charge >= 0.3 is 5.97 Å². The summed E-state index contributed by atoms with van der Waals surface area (Å²) in [6, 6.07) is 30.3. The van der Waals surface area contributed by atoms with Crippen LogP contribution in [0, 0.1) is 6.92 Å². The molecule has 0 N–H and O–H groups in total. The molecule has 1 atom stereocenters. The molecule has 2 heterocycles. The molecule has 0 amide bonds. The zero-order valence-electron chi connectivity index (χ0n) is 19.2. The number of fused-ring (bicyclic) bond motifs is 6. The van der Waals surface area contributed by atoms with Crippen LogP contribution < -0.4 is 9.64 Å². The standard InChI is InChI=1S/C30H25NO3/c1-3-31(22-15-12-20(2)13-16-22)19-21-14-17-26-28(18-21)33-27-11-7-6-10-25(27)30(26)24-9-5-4-8-23(24)29(32)34-30/h4-18H,3,19H2,1-2H3. The molecule has 2 aliphatic heterocycles. The summed E-state index contributed by atoms with van der Waals surface area (Å²) in [4.78, 5) is 15.3. The molecule has 0 aromatic heterocycles.